The smallest absolute Gasteiger partial charge is 0.338 e. The fourth-order valence-electron chi connectivity index (χ4n) is 2.89. The minimum Gasteiger partial charge on any atom is -0.449 e. The van der Waals surface area contributed by atoms with E-state index in [0.29, 0.717) is 11.5 Å². The van der Waals surface area contributed by atoms with Crippen LogP contribution in [0.2, 0.25) is 0 Å². The molecule has 0 aliphatic rings. The van der Waals surface area contributed by atoms with Crippen LogP contribution in [0.25, 0.3) is 0 Å². The van der Waals surface area contributed by atoms with Crippen molar-refractivity contribution in [3.05, 3.63) is 64.2 Å². The van der Waals surface area contributed by atoms with Crippen LogP contribution >= 0.6 is 0 Å². The SMILES string of the molecule is Cc1cc(C)c(NC(=O)C(C)OC(=O)c2ccc(C(C)C)cc2)c(C)c1. The van der Waals surface area contributed by atoms with Crippen molar-refractivity contribution in [3.63, 3.8) is 0 Å². The maximum Gasteiger partial charge on any atom is 0.338 e. The number of hydrogen-bond donors (Lipinski definition) is 1. The van der Waals surface area contributed by atoms with E-state index in [0.717, 1.165) is 27.9 Å². The van der Waals surface area contributed by atoms with Gasteiger partial charge in [0.05, 0.1) is 5.56 Å². The molecule has 26 heavy (non-hydrogen) atoms. The summed E-state index contributed by atoms with van der Waals surface area (Å²) in [6.45, 7) is 11.7. The molecule has 1 amide bonds. The van der Waals surface area contributed by atoms with Gasteiger partial charge in [0.15, 0.2) is 6.10 Å². The normalized spacial score (nSPS) is 12.0. The zero-order chi connectivity index (χ0) is 19.4. The second-order valence-corrected chi connectivity index (χ2v) is 7.09. The molecule has 0 aliphatic carbocycles. The van der Waals surface area contributed by atoms with E-state index in [2.05, 4.69) is 19.2 Å². The number of rotatable bonds is 5. The summed E-state index contributed by atoms with van der Waals surface area (Å²) in [6.07, 6.45) is -0.882. The van der Waals surface area contributed by atoms with Gasteiger partial charge in [-0.05, 0) is 62.4 Å². The molecule has 138 valence electrons. The molecule has 4 heteroatoms. The van der Waals surface area contributed by atoms with Gasteiger partial charge < -0.3 is 10.1 Å². The van der Waals surface area contributed by atoms with Crippen LogP contribution in [-0.4, -0.2) is 18.0 Å². The zero-order valence-electron chi connectivity index (χ0n) is 16.3. The molecule has 1 atom stereocenters. The average Bonchev–Trinajstić information content (AvgIpc) is 2.57. The molecule has 0 spiro atoms. The van der Waals surface area contributed by atoms with Crippen molar-refractivity contribution >= 4 is 17.6 Å². The van der Waals surface area contributed by atoms with Gasteiger partial charge >= 0.3 is 5.97 Å². The van der Waals surface area contributed by atoms with E-state index in [1.807, 2.05) is 45.0 Å². The maximum atomic E-state index is 12.4. The third-order valence-electron chi connectivity index (χ3n) is 4.39. The Morgan fingerprint density at radius 2 is 1.46 bits per heavy atom. The van der Waals surface area contributed by atoms with Gasteiger partial charge in [-0.25, -0.2) is 4.79 Å². The van der Waals surface area contributed by atoms with Crippen LogP contribution in [-0.2, 0) is 9.53 Å². The first-order valence-electron chi connectivity index (χ1n) is 8.88. The number of esters is 1. The lowest BCUT2D eigenvalue weighted by Gasteiger charge is -2.17. The monoisotopic (exact) mass is 353 g/mol. The van der Waals surface area contributed by atoms with Gasteiger partial charge in [-0.15, -0.1) is 0 Å². The molecule has 0 aliphatic heterocycles. The molecule has 2 aromatic rings. The lowest BCUT2D eigenvalue weighted by molar-refractivity contribution is -0.123. The number of carbonyl (C=O) groups is 2. The molecule has 2 rings (SSSR count). The Kier molecular flexibility index (Phi) is 6.19. The molecule has 0 heterocycles. The summed E-state index contributed by atoms with van der Waals surface area (Å²) in [5.41, 5.74) is 5.47. The standard InChI is InChI=1S/C22H27NO3/c1-13(2)18-7-9-19(10-8-18)22(25)26-17(6)21(24)23-20-15(4)11-14(3)12-16(20)5/h7-13,17H,1-6H3,(H,23,24). The van der Waals surface area contributed by atoms with E-state index in [9.17, 15) is 9.59 Å². The first kappa shape index (κ1) is 19.7. The lowest BCUT2D eigenvalue weighted by atomic mass is 10.0. The summed E-state index contributed by atoms with van der Waals surface area (Å²) >= 11 is 0. The summed E-state index contributed by atoms with van der Waals surface area (Å²) in [6, 6.07) is 11.3. The van der Waals surface area contributed by atoms with Crippen LogP contribution < -0.4 is 5.32 Å². The maximum absolute atomic E-state index is 12.4. The largest absolute Gasteiger partial charge is 0.449 e. The van der Waals surface area contributed by atoms with E-state index in [4.69, 9.17) is 4.74 Å². The van der Waals surface area contributed by atoms with E-state index in [-0.39, 0.29) is 5.91 Å². The summed E-state index contributed by atoms with van der Waals surface area (Å²) in [5.74, 6) is -0.446. The van der Waals surface area contributed by atoms with Crippen LogP contribution in [0.15, 0.2) is 36.4 Å². The summed E-state index contributed by atoms with van der Waals surface area (Å²) in [5, 5.41) is 2.87. The van der Waals surface area contributed by atoms with Gasteiger partial charge in [0.1, 0.15) is 0 Å². The molecule has 0 fully saturated rings. The molecule has 1 unspecified atom stereocenters. The highest BCUT2D eigenvalue weighted by Crippen LogP contribution is 2.22. The molecule has 0 radical (unpaired) electrons. The summed E-state index contributed by atoms with van der Waals surface area (Å²) in [4.78, 5) is 24.7. The Morgan fingerprint density at radius 3 is 1.96 bits per heavy atom. The molecule has 2 aromatic carbocycles. The highest BCUT2D eigenvalue weighted by molar-refractivity contribution is 5.98. The quantitative estimate of drug-likeness (QED) is 0.776. The van der Waals surface area contributed by atoms with Crippen molar-refractivity contribution in [2.45, 2.75) is 53.6 Å². The van der Waals surface area contributed by atoms with E-state index in [1.165, 1.54) is 0 Å². The predicted octanol–water partition coefficient (Wildman–Crippen LogP) is 4.92. The minimum atomic E-state index is -0.882. The molecular weight excluding hydrogens is 326 g/mol. The van der Waals surface area contributed by atoms with Crippen LogP contribution in [0.1, 0.15) is 59.3 Å². The topological polar surface area (TPSA) is 55.4 Å². The van der Waals surface area contributed by atoms with Crippen molar-refractivity contribution in [2.24, 2.45) is 0 Å². The Hall–Kier alpha value is -2.62. The van der Waals surface area contributed by atoms with E-state index < -0.39 is 12.1 Å². The van der Waals surface area contributed by atoms with E-state index >= 15 is 0 Å². The van der Waals surface area contributed by atoms with E-state index in [1.54, 1.807) is 19.1 Å². The fraction of sp³-hybridized carbons (Fsp3) is 0.364. The van der Waals surface area contributed by atoms with Crippen molar-refractivity contribution < 1.29 is 14.3 Å². The Morgan fingerprint density at radius 1 is 0.923 bits per heavy atom. The highest BCUT2D eigenvalue weighted by Gasteiger charge is 2.20. The van der Waals surface area contributed by atoms with Crippen molar-refractivity contribution in [1.29, 1.82) is 0 Å². The Balaban J connectivity index is 2.03. The number of ether oxygens (including phenoxy) is 1. The summed E-state index contributed by atoms with van der Waals surface area (Å²) < 4.78 is 5.32. The molecular formula is C22H27NO3. The molecule has 0 saturated carbocycles. The Labute approximate surface area is 155 Å². The van der Waals surface area contributed by atoms with Gasteiger partial charge in [-0.3, -0.25) is 4.79 Å². The second-order valence-electron chi connectivity index (χ2n) is 7.09. The van der Waals surface area contributed by atoms with Crippen LogP contribution in [0.3, 0.4) is 0 Å². The molecule has 4 nitrogen and oxygen atoms in total. The fourth-order valence-corrected chi connectivity index (χ4v) is 2.89. The van der Waals surface area contributed by atoms with Gasteiger partial charge in [0.2, 0.25) is 0 Å². The summed E-state index contributed by atoms with van der Waals surface area (Å²) in [7, 11) is 0. The average molecular weight is 353 g/mol. The van der Waals surface area contributed by atoms with Gasteiger partial charge in [-0.1, -0.05) is 43.7 Å². The number of nitrogens with one attached hydrogen (secondary N) is 1. The number of hydrogen-bond acceptors (Lipinski definition) is 3. The van der Waals surface area contributed by atoms with Crippen molar-refractivity contribution in [3.8, 4) is 0 Å². The van der Waals surface area contributed by atoms with Crippen molar-refractivity contribution in [1.82, 2.24) is 0 Å². The van der Waals surface area contributed by atoms with Crippen LogP contribution in [0.4, 0.5) is 5.69 Å². The third-order valence-corrected chi connectivity index (χ3v) is 4.39. The molecule has 0 saturated heterocycles. The van der Waals surface area contributed by atoms with Crippen LogP contribution in [0, 0.1) is 20.8 Å². The van der Waals surface area contributed by atoms with Gasteiger partial charge in [0, 0.05) is 5.69 Å². The minimum absolute atomic E-state index is 0.341. The van der Waals surface area contributed by atoms with Crippen LogP contribution in [0.5, 0.6) is 0 Å². The number of benzene rings is 2. The first-order chi connectivity index (χ1) is 12.2. The third kappa shape index (κ3) is 4.72. The van der Waals surface area contributed by atoms with Gasteiger partial charge in [0.25, 0.3) is 5.91 Å². The first-order valence-corrected chi connectivity index (χ1v) is 8.88. The lowest BCUT2D eigenvalue weighted by Crippen LogP contribution is -2.30. The number of anilines is 1. The zero-order valence-corrected chi connectivity index (χ0v) is 16.3. The highest BCUT2D eigenvalue weighted by atomic mass is 16.5. The second kappa shape index (κ2) is 8.17. The Bertz CT molecular complexity index is 784. The molecule has 0 bridgehead atoms. The molecule has 1 N–H and O–H groups in total. The predicted molar refractivity (Wildman–Crippen MR) is 105 cm³/mol. The number of amides is 1. The number of aryl methyl sites for hydroxylation is 3. The van der Waals surface area contributed by atoms with Gasteiger partial charge in [-0.2, -0.15) is 0 Å². The number of carbonyl (C=O) groups excluding carboxylic acids is 2. The molecule has 0 aromatic heterocycles. The van der Waals surface area contributed by atoms with Crippen molar-refractivity contribution in [2.75, 3.05) is 5.32 Å².